The third-order valence-corrected chi connectivity index (χ3v) is 5.29. The van der Waals surface area contributed by atoms with Crippen LogP contribution in [-0.2, 0) is 13.0 Å². The van der Waals surface area contributed by atoms with Crippen molar-refractivity contribution in [1.82, 2.24) is 19.4 Å². The summed E-state index contributed by atoms with van der Waals surface area (Å²) in [5, 5.41) is 1.17. The van der Waals surface area contributed by atoms with Gasteiger partial charge in [0.15, 0.2) is 0 Å². The first-order chi connectivity index (χ1) is 13.7. The first-order valence-electron chi connectivity index (χ1n) is 9.81. The lowest BCUT2D eigenvalue weighted by Gasteiger charge is -2.36. The maximum Gasteiger partial charge on any atom is 0.319 e. The molecule has 0 amide bonds. The minimum atomic E-state index is -2.54. The second kappa shape index (κ2) is 8.22. The Kier molecular flexibility index (Phi) is 5.52. The van der Waals surface area contributed by atoms with E-state index >= 15 is 0 Å². The minimum absolute atomic E-state index is 0.419. The van der Waals surface area contributed by atoms with Gasteiger partial charge in [-0.05, 0) is 18.6 Å². The molecule has 1 saturated heterocycles. The Labute approximate surface area is 163 Å². The zero-order valence-corrected chi connectivity index (χ0v) is 16.1. The van der Waals surface area contributed by atoms with Gasteiger partial charge in [-0.1, -0.05) is 31.5 Å². The predicted octanol–water partition coefficient (Wildman–Crippen LogP) is 4.10. The van der Waals surface area contributed by atoms with E-state index in [9.17, 15) is 8.78 Å². The number of imidazole rings is 1. The van der Waals surface area contributed by atoms with Gasteiger partial charge in [-0.3, -0.25) is 14.5 Å². The van der Waals surface area contributed by atoms with Crippen molar-refractivity contribution >= 4 is 16.6 Å². The van der Waals surface area contributed by atoms with Gasteiger partial charge in [0.1, 0.15) is 5.82 Å². The number of nitrogens with zero attached hydrogens (tertiary/aromatic N) is 5. The number of hydrogen-bond donors (Lipinski definition) is 0. The number of fused-ring (bicyclic) bond motifs is 1. The highest BCUT2D eigenvalue weighted by molar-refractivity contribution is 5.92. The van der Waals surface area contributed by atoms with Gasteiger partial charge < -0.3 is 4.90 Å². The Balaban J connectivity index is 1.50. The highest BCUT2D eigenvalue weighted by Crippen LogP contribution is 2.28. The van der Waals surface area contributed by atoms with Crippen LogP contribution in [0.5, 0.6) is 0 Å². The van der Waals surface area contributed by atoms with Gasteiger partial charge in [-0.2, -0.15) is 8.78 Å². The molecule has 0 radical (unpaired) electrons. The largest absolute Gasteiger partial charge is 0.368 e. The van der Waals surface area contributed by atoms with E-state index in [1.54, 1.807) is 0 Å². The second-order valence-corrected chi connectivity index (χ2v) is 7.19. The molecular weight excluding hydrogens is 360 g/mol. The summed E-state index contributed by atoms with van der Waals surface area (Å²) >= 11 is 0. The lowest BCUT2D eigenvalue weighted by Crippen LogP contribution is -2.46. The fraction of sp³-hybridized carbons (Fsp3) is 0.429. The molecule has 0 spiro atoms. The quantitative estimate of drug-likeness (QED) is 0.640. The van der Waals surface area contributed by atoms with Gasteiger partial charge in [0.2, 0.25) is 0 Å². The van der Waals surface area contributed by atoms with Crippen LogP contribution in [0.1, 0.15) is 31.4 Å². The molecule has 0 aliphatic carbocycles. The number of piperazine rings is 1. The Morgan fingerprint density at radius 1 is 1.11 bits per heavy atom. The number of para-hydroxylation sites is 1. The Hall–Kier alpha value is -2.54. The zero-order valence-electron chi connectivity index (χ0n) is 16.1. The smallest absolute Gasteiger partial charge is 0.319 e. The van der Waals surface area contributed by atoms with Gasteiger partial charge in [0, 0.05) is 55.3 Å². The van der Waals surface area contributed by atoms with Crippen LogP contribution >= 0.6 is 0 Å². The van der Waals surface area contributed by atoms with Gasteiger partial charge >= 0.3 is 6.55 Å². The van der Waals surface area contributed by atoms with E-state index in [0.29, 0.717) is 12.4 Å². The molecule has 1 fully saturated rings. The van der Waals surface area contributed by atoms with E-state index in [2.05, 4.69) is 39.9 Å². The SMILES string of the molecule is CCCc1cc(N2CCN(Cc3nccn3C(F)F)CC2)c2ccccc2n1. The summed E-state index contributed by atoms with van der Waals surface area (Å²) in [5.41, 5.74) is 3.38. The molecule has 28 heavy (non-hydrogen) atoms. The molecule has 2 aromatic heterocycles. The summed E-state index contributed by atoms with van der Waals surface area (Å²) in [7, 11) is 0. The lowest BCUT2D eigenvalue weighted by atomic mass is 10.1. The number of benzene rings is 1. The molecule has 1 aliphatic rings. The Bertz CT molecular complexity index is 931. The van der Waals surface area contributed by atoms with Crippen molar-refractivity contribution in [2.75, 3.05) is 31.1 Å². The fourth-order valence-electron chi connectivity index (χ4n) is 3.85. The van der Waals surface area contributed by atoms with Crippen LogP contribution in [0.3, 0.4) is 0 Å². The van der Waals surface area contributed by atoms with Crippen LogP contribution in [0.2, 0.25) is 0 Å². The maximum absolute atomic E-state index is 13.0. The number of anilines is 1. The molecule has 3 aromatic rings. The molecule has 3 heterocycles. The van der Waals surface area contributed by atoms with Crippen molar-refractivity contribution < 1.29 is 8.78 Å². The average Bonchev–Trinajstić information content (AvgIpc) is 3.17. The predicted molar refractivity (Wildman–Crippen MR) is 107 cm³/mol. The number of aryl methyl sites for hydroxylation is 1. The van der Waals surface area contributed by atoms with E-state index in [1.165, 1.54) is 23.5 Å². The number of rotatable bonds is 6. The van der Waals surface area contributed by atoms with Crippen LogP contribution in [0.4, 0.5) is 14.5 Å². The average molecular weight is 385 g/mol. The highest BCUT2D eigenvalue weighted by atomic mass is 19.3. The third kappa shape index (κ3) is 3.85. The normalized spacial score (nSPS) is 15.6. The highest BCUT2D eigenvalue weighted by Gasteiger charge is 2.22. The van der Waals surface area contributed by atoms with E-state index < -0.39 is 6.55 Å². The van der Waals surface area contributed by atoms with E-state index in [1.807, 2.05) is 12.1 Å². The maximum atomic E-state index is 13.0. The first-order valence-corrected chi connectivity index (χ1v) is 9.81. The van der Waals surface area contributed by atoms with Crippen molar-refractivity contribution in [3.63, 3.8) is 0 Å². The monoisotopic (exact) mass is 385 g/mol. The fourth-order valence-corrected chi connectivity index (χ4v) is 3.85. The topological polar surface area (TPSA) is 37.2 Å². The summed E-state index contributed by atoms with van der Waals surface area (Å²) in [6, 6.07) is 10.5. The number of halogens is 2. The van der Waals surface area contributed by atoms with Crippen LogP contribution in [-0.4, -0.2) is 45.6 Å². The van der Waals surface area contributed by atoms with Gasteiger partial charge in [0.05, 0.1) is 12.1 Å². The summed E-state index contributed by atoms with van der Waals surface area (Å²) in [6.45, 7) is 3.41. The molecule has 7 heteroatoms. The zero-order chi connectivity index (χ0) is 19.5. The summed E-state index contributed by atoms with van der Waals surface area (Å²) in [5.74, 6) is 0.419. The van der Waals surface area contributed by atoms with Gasteiger partial charge in [-0.25, -0.2) is 4.98 Å². The number of pyridine rings is 1. The van der Waals surface area contributed by atoms with E-state index in [0.717, 1.165) is 54.8 Å². The number of alkyl halides is 2. The van der Waals surface area contributed by atoms with Gasteiger partial charge in [0.25, 0.3) is 0 Å². The standard InChI is InChI=1S/C21H25F2N5/c1-2-5-16-14-19(17-6-3-4-7-18(17)25-16)27-12-10-26(11-13-27)15-20-24-8-9-28(20)21(22)23/h3-4,6-9,14,21H,2,5,10-13,15H2,1H3. The molecule has 1 aromatic carbocycles. The Morgan fingerprint density at radius 3 is 2.64 bits per heavy atom. The molecule has 0 bridgehead atoms. The van der Waals surface area contributed by atoms with Crippen molar-refractivity contribution in [1.29, 1.82) is 0 Å². The number of aromatic nitrogens is 3. The van der Waals surface area contributed by atoms with Crippen molar-refractivity contribution in [2.45, 2.75) is 32.9 Å². The molecule has 0 unspecified atom stereocenters. The van der Waals surface area contributed by atoms with Crippen LogP contribution in [0, 0.1) is 0 Å². The molecule has 148 valence electrons. The van der Waals surface area contributed by atoms with E-state index in [4.69, 9.17) is 4.98 Å². The molecule has 0 N–H and O–H groups in total. The molecule has 0 atom stereocenters. The minimum Gasteiger partial charge on any atom is -0.368 e. The van der Waals surface area contributed by atoms with Crippen LogP contribution in [0.15, 0.2) is 42.7 Å². The van der Waals surface area contributed by atoms with E-state index in [-0.39, 0.29) is 0 Å². The Morgan fingerprint density at radius 2 is 1.89 bits per heavy atom. The summed E-state index contributed by atoms with van der Waals surface area (Å²) in [4.78, 5) is 13.5. The lowest BCUT2D eigenvalue weighted by molar-refractivity contribution is 0.0637. The molecule has 5 nitrogen and oxygen atoms in total. The molecule has 1 aliphatic heterocycles. The number of hydrogen-bond acceptors (Lipinski definition) is 4. The van der Waals surface area contributed by atoms with Crippen molar-refractivity contribution in [2.24, 2.45) is 0 Å². The third-order valence-electron chi connectivity index (χ3n) is 5.29. The van der Waals surface area contributed by atoms with Crippen LogP contribution < -0.4 is 4.90 Å². The second-order valence-electron chi connectivity index (χ2n) is 7.19. The summed E-state index contributed by atoms with van der Waals surface area (Å²) < 4.78 is 27.0. The summed E-state index contributed by atoms with van der Waals surface area (Å²) in [6.07, 6.45) is 4.81. The van der Waals surface area contributed by atoms with Crippen molar-refractivity contribution in [3.8, 4) is 0 Å². The molecule has 4 rings (SSSR count). The van der Waals surface area contributed by atoms with Gasteiger partial charge in [-0.15, -0.1) is 0 Å². The molecular formula is C21H25F2N5. The first kappa shape index (κ1) is 18.8. The molecule has 0 saturated carbocycles. The van der Waals surface area contributed by atoms with Crippen molar-refractivity contribution in [3.05, 3.63) is 54.2 Å². The van der Waals surface area contributed by atoms with Crippen LogP contribution in [0.25, 0.3) is 10.9 Å².